The Balaban J connectivity index is 2.07. The zero-order valence-electron chi connectivity index (χ0n) is 12.3. The molecule has 0 aromatic carbocycles. The van der Waals surface area contributed by atoms with Crippen molar-refractivity contribution in [2.75, 3.05) is 12.8 Å². The Labute approximate surface area is 123 Å². The maximum atomic E-state index is 12.2. The summed E-state index contributed by atoms with van der Waals surface area (Å²) < 4.78 is 34.9. The topological polar surface area (TPSA) is 103 Å². The number of aromatic nitrogens is 2. The first-order valence-electron chi connectivity index (χ1n) is 6.76. The first kappa shape index (κ1) is 15.9. The number of carbonyl (C=O) groups excluding carboxylic acids is 1. The van der Waals surface area contributed by atoms with Crippen LogP contribution in [0.1, 0.15) is 44.0 Å². The van der Waals surface area contributed by atoms with Crippen LogP contribution >= 0.6 is 0 Å². The molecular weight excluding hydrogens is 298 g/mol. The van der Waals surface area contributed by atoms with Crippen molar-refractivity contribution in [1.29, 1.82) is 0 Å². The van der Waals surface area contributed by atoms with Crippen LogP contribution in [0.4, 0.5) is 0 Å². The molecule has 1 aliphatic heterocycles. The maximum Gasteiger partial charge on any atom is 0.325 e. The van der Waals surface area contributed by atoms with Crippen LogP contribution in [0.2, 0.25) is 0 Å². The lowest BCUT2D eigenvalue weighted by Gasteiger charge is -2.32. The van der Waals surface area contributed by atoms with Crippen LogP contribution < -0.4 is 0 Å². The maximum absolute atomic E-state index is 12.2. The van der Waals surface area contributed by atoms with Crippen molar-refractivity contribution in [3.63, 3.8) is 0 Å². The predicted molar refractivity (Wildman–Crippen MR) is 72.7 cm³/mol. The number of aryl methyl sites for hydroxylation is 1. The van der Waals surface area contributed by atoms with Gasteiger partial charge in [0.15, 0.2) is 11.9 Å². The van der Waals surface area contributed by atoms with Gasteiger partial charge in [-0.3, -0.25) is 4.79 Å². The second-order valence-electron chi connectivity index (χ2n) is 5.14. The van der Waals surface area contributed by atoms with E-state index in [-0.39, 0.29) is 5.89 Å². The molecule has 1 aliphatic rings. The summed E-state index contributed by atoms with van der Waals surface area (Å²) in [4.78, 5) is 16.2. The molecule has 9 heteroatoms. The second kappa shape index (κ2) is 6.10. The zero-order valence-corrected chi connectivity index (χ0v) is 13.1. The van der Waals surface area contributed by atoms with Gasteiger partial charge >= 0.3 is 5.97 Å². The van der Waals surface area contributed by atoms with Crippen LogP contribution in [0.25, 0.3) is 0 Å². The molecule has 0 amide bonds. The number of hydrogen-bond donors (Lipinski definition) is 0. The molecule has 0 radical (unpaired) electrons. The Morgan fingerprint density at radius 2 is 2.19 bits per heavy atom. The Hall–Kier alpha value is -1.48. The Morgan fingerprint density at radius 1 is 1.48 bits per heavy atom. The van der Waals surface area contributed by atoms with E-state index in [4.69, 9.17) is 9.26 Å². The third-order valence-corrected chi connectivity index (χ3v) is 4.62. The fourth-order valence-corrected chi connectivity index (χ4v) is 3.43. The van der Waals surface area contributed by atoms with E-state index in [1.807, 2.05) is 0 Å². The highest BCUT2D eigenvalue weighted by Gasteiger charge is 2.36. The van der Waals surface area contributed by atoms with E-state index >= 15 is 0 Å². The first-order chi connectivity index (χ1) is 9.79. The number of sulfonamides is 1. The van der Waals surface area contributed by atoms with E-state index in [9.17, 15) is 13.2 Å². The van der Waals surface area contributed by atoms with Gasteiger partial charge in [-0.1, -0.05) is 5.16 Å². The molecule has 2 heterocycles. The molecule has 1 fully saturated rings. The number of rotatable bonds is 4. The summed E-state index contributed by atoms with van der Waals surface area (Å²) in [6, 6.07) is -0.778. The molecule has 1 saturated heterocycles. The summed E-state index contributed by atoms with van der Waals surface area (Å²) >= 11 is 0. The molecule has 1 aromatic heterocycles. The van der Waals surface area contributed by atoms with E-state index in [0.717, 1.165) is 19.1 Å². The highest BCUT2D eigenvalue weighted by Crippen LogP contribution is 2.23. The molecule has 1 aromatic rings. The van der Waals surface area contributed by atoms with Gasteiger partial charge in [0.1, 0.15) is 6.04 Å². The number of nitrogens with zero attached hydrogens (tertiary/aromatic N) is 3. The van der Waals surface area contributed by atoms with Gasteiger partial charge in [0.2, 0.25) is 10.0 Å². The largest absolute Gasteiger partial charge is 0.451 e. The van der Waals surface area contributed by atoms with Gasteiger partial charge in [-0.15, -0.1) is 0 Å². The monoisotopic (exact) mass is 317 g/mol. The van der Waals surface area contributed by atoms with Crippen LogP contribution in [0, 0.1) is 6.92 Å². The van der Waals surface area contributed by atoms with Gasteiger partial charge in [-0.25, -0.2) is 8.42 Å². The average Bonchev–Trinajstić information content (AvgIpc) is 2.84. The zero-order chi connectivity index (χ0) is 15.6. The van der Waals surface area contributed by atoms with E-state index in [0.29, 0.717) is 18.8 Å². The van der Waals surface area contributed by atoms with Gasteiger partial charge in [0, 0.05) is 6.54 Å². The van der Waals surface area contributed by atoms with Gasteiger partial charge in [0.05, 0.1) is 6.26 Å². The third-order valence-electron chi connectivity index (χ3n) is 3.34. The molecule has 0 unspecified atom stereocenters. The van der Waals surface area contributed by atoms with Gasteiger partial charge in [-0.2, -0.15) is 9.29 Å². The van der Waals surface area contributed by atoms with Crippen molar-refractivity contribution in [3.05, 3.63) is 11.7 Å². The SMILES string of the molecule is Cc1noc([C@@H](C)OC(=O)[C@@H]2CCCCN2S(C)(=O)=O)n1. The van der Waals surface area contributed by atoms with E-state index in [2.05, 4.69) is 10.1 Å². The Kier molecular flexibility index (Phi) is 4.62. The highest BCUT2D eigenvalue weighted by molar-refractivity contribution is 7.88. The van der Waals surface area contributed by atoms with Crippen molar-refractivity contribution in [1.82, 2.24) is 14.4 Å². The molecule has 0 aliphatic carbocycles. The molecule has 21 heavy (non-hydrogen) atoms. The Bertz CT molecular complexity index is 612. The summed E-state index contributed by atoms with van der Waals surface area (Å²) in [5.41, 5.74) is 0. The highest BCUT2D eigenvalue weighted by atomic mass is 32.2. The van der Waals surface area contributed by atoms with Crippen LogP contribution in [0.3, 0.4) is 0 Å². The van der Waals surface area contributed by atoms with Crippen LogP contribution in [-0.2, 0) is 19.6 Å². The number of esters is 1. The fourth-order valence-electron chi connectivity index (χ4n) is 2.32. The fraction of sp³-hybridized carbons (Fsp3) is 0.750. The van der Waals surface area contributed by atoms with Crippen molar-refractivity contribution in [3.8, 4) is 0 Å². The van der Waals surface area contributed by atoms with E-state index in [1.165, 1.54) is 4.31 Å². The lowest BCUT2D eigenvalue weighted by molar-refractivity contribution is -0.155. The molecule has 0 saturated carbocycles. The quantitative estimate of drug-likeness (QED) is 0.756. The standard InChI is InChI=1S/C12H19N3O5S/c1-8(11-13-9(2)14-20-11)19-12(16)10-6-4-5-7-15(10)21(3,17)18/h8,10H,4-7H2,1-3H3/t8-,10+/m1/s1. The molecule has 0 N–H and O–H groups in total. The number of hydrogen-bond acceptors (Lipinski definition) is 7. The number of ether oxygens (including phenoxy) is 1. The van der Waals surface area contributed by atoms with Gasteiger partial charge in [0.25, 0.3) is 5.89 Å². The minimum atomic E-state index is -3.44. The third kappa shape index (κ3) is 3.79. The number of piperidine rings is 1. The van der Waals surface area contributed by atoms with Crippen molar-refractivity contribution in [2.24, 2.45) is 0 Å². The predicted octanol–water partition coefficient (Wildman–Crippen LogP) is 0.796. The van der Waals surface area contributed by atoms with Crippen LogP contribution in [-0.4, -0.2) is 47.7 Å². The summed E-state index contributed by atoms with van der Waals surface area (Å²) in [5.74, 6) is 0.0642. The van der Waals surface area contributed by atoms with Crippen molar-refractivity contribution in [2.45, 2.75) is 45.3 Å². The molecule has 2 rings (SSSR count). The van der Waals surface area contributed by atoms with Gasteiger partial charge in [-0.05, 0) is 33.1 Å². The lowest BCUT2D eigenvalue weighted by Crippen LogP contribution is -2.48. The van der Waals surface area contributed by atoms with E-state index in [1.54, 1.807) is 13.8 Å². The molecule has 0 bridgehead atoms. The van der Waals surface area contributed by atoms with Crippen LogP contribution in [0.5, 0.6) is 0 Å². The van der Waals surface area contributed by atoms with E-state index < -0.39 is 28.1 Å². The minimum Gasteiger partial charge on any atom is -0.451 e. The summed E-state index contributed by atoms with van der Waals surface area (Å²) in [7, 11) is -3.44. The lowest BCUT2D eigenvalue weighted by atomic mass is 10.1. The van der Waals surface area contributed by atoms with Crippen molar-refractivity contribution >= 4 is 16.0 Å². The second-order valence-corrected chi connectivity index (χ2v) is 7.08. The molecule has 118 valence electrons. The minimum absolute atomic E-state index is 0.197. The molecule has 2 atom stereocenters. The van der Waals surface area contributed by atoms with Gasteiger partial charge < -0.3 is 9.26 Å². The molecule has 8 nitrogen and oxygen atoms in total. The smallest absolute Gasteiger partial charge is 0.325 e. The normalized spacial score (nSPS) is 22.0. The molecule has 0 spiro atoms. The average molecular weight is 317 g/mol. The summed E-state index contributed by atoms with van der Waals surface area (Å²) in [6.45, 7) is 3.61. The van der Waals surface area contributed by atoms with Crippen LogP contribution in [0.15, 0.2) is 4.52 Å². The Morgan fingerprint density at radius 3 is 2.76 bits per heavy atom. The summed E-state index contributed by atoms with van der Waals surface area (Å²) in [5, 5.41) is 3.63. The first-order valence-corrected chi connectivity index (χ1v) is 8.61. The molecular formula is C12H19N3O5S. The number of carbonyl (C=O) groups is 1. The summed E-state index contributed by atoms with van der Waals surface area (Å²) in [6.07, 6.45) is 2.39. The van der Waals surface area contributed by atoms with Crippen molar-refractivity contribution < 1.29 is 22.5 Å².